The molecule has 1 aromatic heterocycles. The molecule has 6 heteroatoms. The molecule has 0 amide bonds. The minimum Gasteiger partial charge on any atom is -0.312 e. The van der Waals surface area contributed by atoms with Gasteiger partial charge in [0, 0.05) is 23.2 Å². The number of sulfone groups is 1. The predicted octanol–water partition coefficient (Wildman–Crippen LogP) is 2.85. The quantitative estimate of drug-likeness (QED) is 0.796. The van der Waals surface area contributed by atoms with E-state index in [1.165, 1.54) is 17.6 Å². The fourth-order valence-corrected chi connectivity index (χ4v) is 4.25. The topological polar surface area (TPSA) is 59.1 Å². The maximum atomic E-state index is 11.5. The van der Waals surface area contributed by atoms with E-state index in [1.54, 1.807) is 0 Å². The molecule has 0 saturated carbocycles. The van der Waals surface area contributed by atoms with E-state index in [9.17, 15) is 8.42 Å². The molecule has 0 unspecified atom stereocenters. The SMILES string of the molecule is CCCNCc1sc(CS(C)(=O)=O)nc1-c1ccccc1. The normalized spacial score (nSPS) is 11.7. The van der Waals surface area contributed by atoms with Crippen molar-refractivity contribution in [2.24, 2.45) is 0 Å². The van der Waals surface area contributed by atoms with Crippen LogP contribution in [0.25, 0.3) is 11.3 Å². The largest absolute Gasteiger partial charge is 0.312 e. The van der Waals surface area contributed by atoms with Gasteiger partial charge in [0.2, 0.25) is 0 Å². The third-order valence-corrected chi connectivity index (χ3v) is 4.92. The Morgan fingerprint density at radius 2 is 1.95 bits per heavy atom. The van der Waals surface area contributed by atoms with Gasteiger partial charge in [-0.2, -0.15) is 0 Å². The minimum atomic E-state index is -3.06. The van der Waals surface area contributed by atoms with Crippen molar-refractivity contribution in [2.45, 2.75) is 25.6 Å². The fourth-order valence-electron chi connectivity index (χ4n) is 2.01. The first-order valence-electron chi connectivity index (χ1n) is 6.92. The van der Waals surface area contributed by atoms with Crippen molar-refractivity contribution >= 4 is 21.2 Å². The minimum absolute atomic E-state index is 0.00524. The molecule has 0 aliphatic heterocycles. The van der Waals surface area contributed by atoms with Crippen LogP contribution in [0.2, 0.25) is 0 Å². The molecule has 21 heavy (non-hydrogen) atoms. The fraction of sp³-hybridized carbons (Fsp3) is 0.400. The van der Waals surface area contributed by atoms with Crippen LogP contribution >= 0.6 is 11.3 Å². The smallest absolute Gasteiger partial charge is 0.153 e. The molecule has 0 radical (unpaired) electrons. The van der Waals surface area contributed by atoms with Crippen molar-refractivity contribution in [2.75, 3.05) is 12.8 Å². The van der Waals surface area contributed by atoms with Gasteiger partial charge in [0.05, 0.1) is 5.69 Å². The van der Waals surface area contributed by atoms with E-state index >= 15 is 0 Å². The molecule has 4 nitrogen and oxygen atoms in total. The summed E-state index contributed by atoms with van der Waals surface area (Å²) in [5.74, 6) is 0.00524. The Kier molecular flexibility index (Phi) is 5.50. The van der Waals surface area contributed by atoms with E-state index < -0.39 is 9.84 Å². The molecule has 1 heterocycles. The average molecular weight is 324 g/mol. The highest BCUT2D eigenvalue weighted by molar-refractivity contribution is 7.90. The van der Waals surface area contributed by atoms with Gasteiger partial charge in [-0.25, -0.2) is 13.4 Å². The standard InChI is InChI=1S/C15H20N2O2S2/c1-3-9-16-10-13-15(12-7-5-4-6-8-12)17-14(20-13)11-21(2,18)19/h4-8,16H,3,9-11H2,1-2H3. The molecule has 0 spiro atoms. The van der Waals surface area contributed by atoms with Gasteiger partial charge < -0.3 is 5.32 Å². The molecule has 0 bridgehead atoms. The van der Waals surface area contributed by atoms with E-state index in [-0.39, 0.29) is 5.75 Å². The molecule has 0 fully saturated rings. The molecule has 2 rings (SSSR count). The van der Waals surface area contributed by atoms with Gasteiger partial charge in [-0.3, -0.25) is 0 Å². The molecule has 0 saturated heterocycles. The summed E-state index contributed by atoms with van der Waals surface area (Å²) in [6.07, 6.45) is 2.31. The molecule has 0 aliphatic rings. The molecule has 114 valence electrons. The zero-order valence-electron chi connectivity index (χ0n) is 12.3. The summed E-state index contributed by atoms with van der Waals surface area (Å²) in [5, 5.41) is 4.02. The number of rotatable bonds is 7. The Morgan fingerprint density at radius 3 is 2.57 bits per heavy atom. The number of thiazole rings is 1. The Balaban J connectivity index is 2.31. The van der Waals surface area contributed by atoms with Crippen LogP contribution < -0.4 is 5.32 Å². The highest BCUT2D eigenvalue weighted by atomic mass is 32.2. The monoisotopic (exact) mass is 324 g/mol. The highest BCUT2D eigenvalue weighted by Crippen LogP contribution is 2.29. The Morgan fingerprint density at radius 1 is 1.24 bits per heavy atom. The summed E-state index contributed by atoms with van der Waals surface area (Å²) in [7, 11) is -3.06. The van der Waals surface area contributed by atoms with Crippen LogP contribution in [-0.2, 0) is 22.1 Å². The van der Waals surface area contributed by atoms with E-state index in [2.05, 4.69) is 17.2 Å². The molecule has 1 aromatic carbocycles. The van der Waals surface area contributed by atoms with Crippen molar-refractivity contribution in [3.63, 3.8) is 0 Å². The molecule has 0 aliphatic carbocycles. The van der Waals surface area contributed by atoms with Crippen LogP contribution in [-0.4, -0.2) is 26.2 Å². The summed E-state index contributed by atoms with van der Waals surface area (Å²) in [5.41, 5.74) is 1.92. The molecule has 2 aromatic rings. The van der Waals surface area contributed by atoms with Crippen molar-refractivity contribution in [3.8, 4) is 11.3 Å². The van der Waals surface area contributed by atoms with Crippen molar-refractivity contribution in [1.82, 2.24) is 10.3 Å². The van der Waals surface area contributed by atoms with Crippen LogP contribution in [0.4, 0.5) is 0 Å². The van der Waals surface area contributed by atoms with Gasteiger partial charge in [0.25, 0.3) is 0 Å². The van der Waals surface area contributed by atoms with E-state index in [0.717, 1.165) is 35.6 Å². The second-order valence-corrected chi connectivity index (χ2v) is 8.30. The van der Waals surface area contributed by atoms with Crippen LogP contribution in [0.1, 0.15) is 23.2 Å². The number of hydrogen-bond acceptors (Lipinski definition) is 5. The summed E-state index contributed by atoms with van der Waals surface area (Å²) in [6.45, 7) is 3.78. The van der Waals surface area contributed by atoms with E-state index in [1.807, 2.05) is 30.3 Å². The molecular formula is C15H20N2O2S2. The summed E-state index contributed by atoms with van der Waals surface area (Å²) in [6, 6.07) is 9.90. The number of aromatic nitrogens is 1. The first kappa shape index (κ1) is 16.1. The zero-order chi connectivity index (χ0) is 15.3. The van der Waals surface area contributed by atoms with Crippen molar-refractivity contribution in [1.29, 1.82) is 0 Å². The molecule has 1 N–H and O–H groups in total. The Labute approximate surface area is 130 Å². The van der Waals surface area contributed by atoms with Crippen LogP contribution in [0.5, 0.6) is 0 Å². The second-order valence-electron chi connectivity index (χ2n) is 4.99. The Hall–Kier alpha value is -1.24. The van der Waals surface area contributed by atoms with Gasteiger partial charge in [0.15, 0.2) is 9.84 Å². The van der Waals surface area contributed by atoms with Crippen molar-refractivity contribution in [3.05, 3.63) is 40.2 Å². The summed E-state index contributed by atoms with van der Waals surface area (Å²) < 4.78 is 22.9. The average Bonchev–Trinajstić information content (AvgIpc) is 2.81. The van der Waals surface area contributed by atoms with Crippen molar-refractivity contribution < 1.29 is 8.42 Å². The molecular weight excluding hydrogens is 304 g/mol. The van der Waals surface area contributed by atoms with Gasteiger partial charge in [-0.1, -0.05) is 37.3 Å². The Bertz CT molecular complexity index is 679. The molecule has 0 atom stereocenters. The van der Waals surface area contributed by atoms with Crippen LogP contribution in [0.15, 0.2) is 30.3 Å². The van der Waals surface area contributed by atoms with Gasteiger partial charge in [0.1, 0.15) is 10.8 Å². The van der Waals surface area contributed by atoms with Gasteiger partial charge in [-0.05, 0) is 13.0 Å². The van der Waals surface area contributed by atoms with Crippen LogP contribution in [0, 0.1) is 0 Å². The highest BCUT2D eigenvalue weighted by Gasteiger charge is 2.15. The number of benzene rings is 1. The maximum Gasteiger partial charge on any atom is 0.153 e. The lowest BCUT2D eigenvalue weighted by Crippen LogP contribution is -2.13. The second kappa shape index (κ2) is 7.15. The number of nitrogens with one attached hydrogen (secondary N) is 1. The lowest BCUT2D eigenvalue weighted by Gasteiger charge is -2.03. The first-order chi connectivity index (χ1) is 9.99. The zero-order valence-corrected chi connectivity index (χ0v) is 13.9. The lowest BCUT2D eigenvalue weighted by atomic mass is 10.1. The maximum absolute atomic E-state index is 11.5. The van der Waals surface area contributed by atoms with Gasteiger partial charge >= 0.3 is 0 Å². The van der Waals surface area contributed by atoms with Crippen LogP contribution in [0.3, 0.4) is 0 Å². The third-order valence-electron chi connectivity index (χ3n) is 2.89. The summed E-state index contributed by atoms with van der Waals surface area (Å²) >= 11 is 1.48. The third kappa shape index (κ3) is 4.91. The predicted molar refractivity (Wildman–Crippen MR) is 88.1 cm³/mol. The first-order valence-corrected chi connectivity index (χ1v) is 9.79. The number of nitrogens with zero attached hydrogens (tertiary/aromatic N) is 1. The van der Waals surface area contributed by atoms with E-state index in [4.69, 9.17) is 0 Å². The summed E-state index contributed by atoms with van der Waals surface area (Å²) in [4.78, 5) is 5.63. The number of hydrogen-bond donors (Lipinski definition) is 1. The van der Waals surface area contributed by atoms with E-state index in [0.29, 0.717) is 5.01 Å². The lowest BCUT2D eigenvalue weighted by molar-refractivity contribution is 0.601. The van der Waals surface area contributed by atoms with Gasteiger partial charge in [-0.15, -0.1) is 11.3 Å².